The van der Waals surface area contributed by atoms with Gasteiger partial charge in [-0.25, -0.2) is 4.79 Å². The number of primary amides is 1. The Bertz CT molecular complexity index is 4420. The van der Waals surface area contributed by atoms with Crippen LogP contribution in [0.3, 0.4) is 0 Å². The molecule has 0 radical (unpaired) electrons. The van der Waals surface area contributed by atoms with Crippen molar-refractivity contribution in [2.75, 3.05) is 98.2 Å². The smallest absolute Gasteiger partial charge is 0.326 e. The third-order valence-corrected chi connectivity index (χ3v) is 23.7. The molecule has 0 aromatic heterocycles. The molecule has 48 heteroatoms. The van der Waals surface area contributed by atoms with Crippen LogP contribution in [0.5, 0.6) is 11.5 Å². The van der Waals surface area contributed by atoms with Crippen LogP contribution in [0.15, 0.2) is 48.5 Å². The molecular formula is C86H132N22O26. The number of rotatable bonds is 56. The predicted molar refractivity (Wildman–Crippen MR) is 478 cm³/mol. The molecule has 2 aromatic rings. The summed E-state index contributed by atoms with van der Waals surface area (Å²) in [5.74, 6) is -22.0. The molecule has 3 aliphatic heterocycles. The minimum atomic E-state index is -2.01. The number of likely N-dealkylation sites (tertiary alicyclic amines) is 3. The highest BCUT2D eigenvalue weighted by atomic mass is 16.4. The second-order valence-electron chi connectivity index (χ2n) is 35.3. The van der Waals surface area contributed by atoms with Gasteiger partial charge in [0.05, 0.1) is 39.1 Å². The molecule has 0 unspecified atom stereocenters. The van der Waals surface area contributed by atoms with E-state index in [2.05, 4.69) is 53.2 Å². The Labute approximate surface area is 774 Å². The van der Waals surface area contributed by atoms with Gasteiger partial charge in [-0.15, -0.1) is 0 Å². The zero-order valence-corrected chi connectivity index (χ0v) is 75.7. The predicted octanol–water partition coefficient (Wildman–Crippen LogP) is -4.69. The molecule has 134 heavy (non-hydrogen) atoms. The number of nitrogens with zero attached hydrogens (tertiary/aromatic N) is 6. The van der Waals surface area contributed by atoms with Gasteiger partial charge in [-0.1, -0.05) is 77.1 Å². The van der Waals surface area contributed by atoms with Crippen LogP contribution < -0.4 is 76.1 Å². The Morgan fingerprint density at radius 3 is 1.37 bits per heavy atom. The largest absolute Gasteiger partial charge is 0.508 e. The highest BCUT2D eigenvalue weighted by Crippen LogP contribution is 2.30. The number of nitrogens with one attached hydrogen (secondary N) is 12. The number of aliphatic carboxylic acids is 6. The summed E-state index contributed by atoms with van der Waals surface area (Å²) < 4.78 is 0. The number of phenolic OH excluding ortho intramolecular Hbond substituents is 2. The van der Waals surface area contributed by atoms with Crippen LogP contribution in [0.4, 0.5) is 0 Å². The van der Waals surface area contributed by atoms with Gasteiger partial charge < -0.3 is 132 Å². The van der Waals surface area contributed by atoms with Gasteiger partial charge in [-0.2, -0.15) is 0 Å². The van der Waals surface area contributed by atoms with E-state index in [-0.39, 0.29) is 178 Å². The fraction of sp³-hybridized carbons (Fsp3) is 0.628. The van der Waals surface area contributed by atoms with E-state index in [1.165, 1.54) is 63.2 Å². The fourth-order valence-electron chi connectivity index (χ4n) is 16.7. The minimum absolute atomic E-state index is 0.00507. The maximum Gasteiger partial charge on any atom is 0.326 e. The summed E-state index contributed by atoms with van der Waals surface area (Å²) in [7, 11) is 0. The van der Waals surface area contributed by atoms with Crippen LogP contribution in [0, 0.1) is 28.1 Å². The van der Waals surface area contributed by atoms with Gasteiger partial charge in [0.25, 0.3) is 0 Å². The molecule has 11 atom stereocenters. The van der Waals surface area contributed by atoms with Gasteiger partial charge in [0, 0.05) is 78.2 Å². The summed E-state index contributed by atoms with van der Waals surface area (Å²) >= 11 is 0. The summed E-state index contributed by atoms with van der Waals surface area (Å²) in [5, 5.41) is 121. The van der Waals surface area contributed by atoms with Crippen molar-refractivity contribution in [2.24, 2.45) is 40.2 Å². The molecule has 1 aliphatic carbocycles. The molecule has 1 saturated carbocycles. The van der Waals surface area contributed by atoms with Crippen LogP contribution in [0.2, 0.25) is 0 Å². The second kappa shape index (κ2) is 54.2. The van der Waals surface area contributed by atoms with Crippen LogP contribution in [0.25, 0.3) is 0 Å². The molecule has 4 aliphatic rings. The van der Waals surface area contributed by atoms with Gasteiger partial charge >= 0.3 is 35.8 Å². The number of amides is 12. The Kier molecular flexibility index (Phi) is 44.3. The van der Waals surface area contributed by atoms with E-state index in [9.17, 15) is 108 Å². The Balaban J connectivity index is 1.24. The summed E-state index contributed by atoms with van der Waals surface area (Å²) in [6.07, 6.45) is 2.15. The monoisotopic (exact) mass is 1890 g/mol. The van der Waals surface area contributed by atoms with Crippen molar-refractivity contribution in [3.63, 3.8) is 0 Å². The van der Waals surface area contributed by atoms with Gasteiger partial charge in [0.15, 0.2) is 11.9 Å². The molecule has 0 bridgehead atoms. The van der Waals surface area contributed by atoms with Crippen molar-refractivity contribution >= 4 is 119 Å². The first-order chi connectivity index (χ1) is 63.3. The number of unbranched alkanes of at least 4 members (excludes halogenated alkanes) is 1. The van der Waals surface area contributed by atoms with E-state index in [1.54, 1.807) is 20.8 Å². The van der Waals surface area contributed by atoms with Crippen LogP contribution in [-0.4, -0.2) is 354 Å². The molecule has 48 nitrogen and oxygen atoms in total. The number of guanidine groups is 2. The Hall–Kier alpha value is -13.1. The third kappa shape index (κ3) is 37.5. The lowest BCUT2D eigenvalue weighted by molar-refractivity contribution is -0.144. The number of carboxylic acids is 6. The normalized spacial score (nSPS) is 17.3. The number of carbonyl (C=O) groups is 18. The highest BCUT2D eigenvalue weighted by Gasteiger charge is 2.46. The van der Waals surface area contributed by atoms with E-state index >= 15 is 19.2 Å². The quantitative estimate of drug-likeness (QED) is 0.0168. The first-order valence-electron chi connectivity index (χ1n) is 44.8. The van der Waals surface area contributed by atoms with Crippen molar-refractivity contribution in [2.45, 2.75) is 228 Å². The van der Waals surface area contributed by atoms with Crippen LogP contribution in [0.1, 0.15) is 160 Å². The number of nitrogens with two attached hydrogens (primary N) is 4. The van der Waals surface area contributed by atoms with E-state index in [0.717, 1.165) is 46.8 Å². The van der Waals surface area contributed by atoms with Crippen molar-refractivity contribution in [1.82, 2.24) is 82.6 Å². The molecule has 3 heterocycles. The molecule has 3 saturated heterocycles. The van der Waals surface area contributed by atoms with E-state index in [1.807, 2.05) is 0 Å². The summed E-state index contributed by atoms with van der Waals surface area (Å²) in [4.78, 5) is 255. The van der Waals surface area contributed by atoms with E-state index in [0.29, 0.717) is 5.56 Å². The van der Waals surface area contributed by atoms with E-state index < -0.39 is 249 Å². The van der Waals surface area contributed by atoms with Crippen molar-refractivity contribution in [1.29, 1.82) is 10.8 Å². The second-order valence-corrected chi connectivity index (χ2v) is 35.3. The minimum Gasteiger partial charge on any atom is -0.508 e. The van der Waals surface area contributed by atoms with Gasteiger partial charge in [0.2, 0.25) is 70.9 Å². The van der Waals surface area contributed by atoms with Gasteiger partial charge in [-0.05, 0) is 143 Å². The number of carbonyl (C=O) groups excluding carboxylic acids is 12. The molecule has 4 fully saturated rings. The van der Waals surface area contributed by atoms with Gasteiger partial charge in [0.1, 0.15) is 78.0 Å². The number of carboxylic acid groups (broad SMARTS) is 6. The van der Waals surface area contributed by atoms with Gasteiger partial charge in [-0.3, -0.25) is 107 Å². The molecule has 2 aromatic carbocycles. The maximum atomic E-state index is 15.4. The number of hydrogen-bond donors (Lipinski definition) is 24. The number of hydrogen-bond acceptors (Lipinski definition) is 26. The van der Waals surface area contributed by atoms with Crippen molar-refractivity contribution < 1.29 is 127 Å². The zero-order valence-electron chi connectivity index (χ0n) is 75.7. The average molecular weight is 1890 g/mol. The number of phenols is 2. The molecular weight excluding hydrogens is 1760 g/mol. The summed E-state index contributed by atoms with van der Waals surface area (Å²) in [6.45, 7) is 0.136. The number of benzene rings is 2. The third-order valence-electron chi connectivity index (χ3n) is 23.7. The average Bonchev–Trinajstić information content (AvgIpc) is 1.65. The first kappa shape index (κ1) is 110. The first-order valence-corrected chi connectivity index (χ1v) is 44.8. The number of aromatic hydroxyl groups is 2. The van der Waals surface area contributed by atoms with Crippen molar-refractivity contribution in [3.8, 4) is 11.5 Å². The molecule has 28 N–H and O–H groups in total. The van der Waals surface area contributed by atoms with Crippen molar-refractivity contribution in [3.05, 3.63) is 59.7 Å². The lowest BCUT2D eigenvalue weighted by atomic mass is 9.83. The molecule has 0 spiro atoms. The molecule has 6 rings (SSSR count). The SMILES string of the molecule is CC(C)(C)[C@H](NC(=O)[C@H](Cc1ccc(O)cc1)NC(=O)[C@@H]1CCCN1C(=O)[C@H](CCCNC(=N)N)NC(=O)[C@@H](NC(=O)[C@@H]1CCCN1C(=O)[C@H](CCCCN)NC(=O)[C@H](CC(N)=O)NC(=O)[C@H](CCC(=O)O)NC(=O)[C@H](Cc1ccc(O)cc1)NC(=O)CN(CCN(CCN(CC(=O)O)CC(=O)O)CC(=O)O)CC(=O)O)C1CCN(C(=N)N)CC1)C(=O)N[C@@H](CC1CCCCC1)C(=O)O. The maximum absolute atomic E-state index is 15.4. The summed E-state index contributed by atoms with van der Waals surface area (Å²) in [6, 6.07) is -6.14. The summed E-state index contributed by atoms with van der Waals surface area (Å²) in [5.41, 5.74) is 22.8. The van der Waals surface area contributed by atoms with Crippen LogP contribution >= 0.6 is 0 Å². The topological polar surface area (TPSA) is 761 Å². The van der Waals surface area contributed by atoms with Crippen LogP contribution in [-0.2, 0) is 99.1 Å². The molecule has 742 valence electrons. The highest BCUT2D eigenvalue weighted by molar-refractivity contribution is 6.01. The zero-order chi connectivity index (χ0) is 99.2. The lowest BCUT2D eigenvalue weighted by Crippen LogP contribution is -2.62. The fourth-order valence-corrected chi connectivity index (χ4v) is 16.7. The molecule has 12 amide bonds. The number of piperidine rings is 1. The van der Waals surface area contributed by atoms with E-state index in [4.69, 9.17) is 33.8 Å². The standard InChI is InChI=1S/C86H132N22O26/c1-86(2,3)72(80(130)100-61(83(133)134)42-49-12-5-4-6-13-49)102-76(126)59(41-51-20-24-54(110)25-21-51)99-77(127)62-16-10-32-107(62)82(132)57(15-9-31-93-84(89)90)97-79(129)71(52-28-34-106(35-29-52)85(91)92)101-78(128)63-17-11-33-108(63)81(131)56(14-7-8-30-87)96-75(125)60(43-64(88)111)98-73(123)55(26-27-66(113)114)95-74(124)58(40-50-18-22-53(109)23-19-50)94-65(112)44-104(46-68(117)118)38-36-103(45-67(115)116)37-39-105(47-69(119)120)48-70(121)122/h18-25,49,52,55-63,71-72,109-110H,4-17,26-48,87H2,1-3H3,(H2,88,111)(H3,91,92)(H,94,112)(H,95,124)(H,96,125)(H,97,129)(H,98,123)(H,99,127)(H,100,130)(H,101,128)(H,102,126)(H,113,114)(H,115,116)(H,117,118)(H,119,120)(H,121,122)(H,133,134)(H4,89,90,93)/t55-,56-,57-,58-,59-,60-,61-,62-,63-,71-,72+/m0/s1. The Morgan fingerprint density at radius 2 is 0.888 bits per heavy atom. The lowest BCUT2D eigenvalue weighted by Gasteiger charge is -2.37. The Morgan fingerprint density at radius 1 is 0.448 bits per heavy atom.